The molecule has 18 nitrogen and oxygen atoms in total. The van der Waals surface area contributed by atoms with Crippen molar-refractivity contribution in [3.8, 4) is 0 Å². The number of aliphatic hydroxyl groups is 8. The third-order valence-electron chi connectivity index (χ3n) is 11.7. The number of rotatable bonds is 12. The van der Waals surface area contributed by atoms with E-state index in [2.05, 4.69) is 20.6 Å². The SMILES string of the molecule is CC12SC(Cn3cc(CO[C@@H]4O[C@H](CO)[C@@H](O)[C@H](O)[C@H]4O)nn3)=CC1=C1C(=C3C=C(Cn4cc(CO[C@@H]5O[C@H](CO)[C@@H](O)[C@H](O)[C@H]5O)nn4)SC32C)C(F)(F)C(F)(F)C1(F)F. The molecule has 6 aliphatic rings. The zero-order chi connectivity index (χ0) is 44.2. The number of fused-ring (bicyclic) bond motifs is 4. The monoisotopic (exact) mass is 914 g/mol. The number of hydrogen-bond donors (Lipinski definition) is 8. The van der Waals surface area contributed by atoms with Crippen LogP contribution in [-0.4, -0.2) is 173 Å². The first-order valence-electron chi connectivity index (χ1n) is 18.6. The van der Waals surface area contributed by atoms with Gasteiger partial charge in [0.05, 0.1) is 61.4 Å². The molecule has 0 bridgehead atoms. The molecule has 3 fully saturated rings. The van der Waals surface area contributed by atoms with E-state index < -0.39 is 124 Å². The van der Waals surface area contributed by atoms with Crippen molar-refractivity contribution in [2.45, 2.75) is 129 Å². The summed E-state index contributed by atoms with van der Waals surface area (Å²) in [7, 11) is 0. The quantitative estimate of drug-likeness (QED) is 0.125. The number of alkyl halides is 6. The molecule has 2 unspecified atom stereocenters. The van der Waals surface area contributed by atoms with Crippen molar-refractivity contribution < 1.29 is 86.1 Å². The van der Waals surface area contributed by atoms with Crippen LogP contribution < -0.4 is 0 Å². The fourth-order valence-corrected chi connectivity index (χ4v) is 11.4. The van der Waals surface area contributed by atoms with Crippen LogP contribution in [0.5, 0.6) is 0 Å². The van der Waals surface area contributed by atoms with E-state index in [1.54, 1.807) is 0 Å². The van der Waals surface area contributed by atoms with E-state index in [0.717, 1.165) is 23.5 Å². The molecule has 0 radical (unpaired) electrons. The van der Waals surface area contributed by atoms with Gasteiger partial charge in [0.15, 0.2) is 12.6 Å². The Morgan fingerprint density at radius 1 is 0.623 bits per heavy atom. The third-order valence-corrected chi connectivity index (χ3v) is 14.9. The first-order valence-corrected chi connectivity index (χ1v) is 20.3. The molecule has 2 aromatic rings. The smallest absolute Gasteiger partial charge is 0.380 e. The molecule has 61 heavy (non-hydrogen) atoms. The summed E-state index contributed by atoms with van der Waals surface area (Å²) in [6.07, 6.45) is -10.2. The molecule has 2 aliphatic carbocycles. The maximum Gasteiger partial charge on any atom is 0.380 e. The van der Waals surface area contributed by atoms with Crippen molar-refractivity contribution in [3.05, 3.63) is 68.0 Å². The van der Waals surface area contributed by atoms with Gasteiger partial charge < -0.3 is 59.8 Å². The molecule has 336 valence electrons. The van der Waals surface area contributed by atoms with Crippen LogP contribution >= 0.6 is 23.5 Å². The third kappa shape index (κ3) is 6.92. The van der Waals surface area contributed by atoms with Crippen molar-refractivity contribution in [1.29, 1.82) is 0 Å². The molecule has 26 heteroatoms. The van der Waals surface area contributed by atoms with Gasteiger partial charge in [0.1, 0.15) is 60.2 Å². The van der Waals surface area contributed by atoms with E-state index in [1.165, 1.54) is 47.8 Å². The molecular weight excluding hydrogens is 875 g/mol. The van der Waals surface area contributed by atoms with Gasteiger partial charge in [-0.25, -0.2) is 9.36 Å². The number of allylic oxidation sites excluding steroid dienone is 6. The highest BCUT2D eigenvalue weighted by molar-refractivity contribution is 8.09. The van der Waals surface area contributed by atoms with E-state index >= 15 is 26.3 Å². The second-order valence-corrected chi connectivity index (χ2v) is 18.7. The van der Waals surface area contributed by atoms with E-state index in [-0.39, 0.29) is 37.7 Å². The lowest BCUT2D eigenvalue weighted by Gasteiger charge is -2.47. The lowest BCUT2D eigenvalue weighted by molar-refractivity contribution is -0.304. The Hall–Kier alpha value is -2.96. The van der Waals surface area contributed by atoms with Crippen LogP contribution in [0, 0.1) is 0 Å². The minimum atomic E-state index is -5.77. The number of hydrogen-bond acceptors (Lipinski definition) is 18. The van der Waals surface area contributed by atoms with Gasteiger partial charge in [0.25, 0.3) is 0 Å². The Bertz CT molecular complexity index is 2030. The Morgan fingerprint density at radius 3 is 1.36 bits per heavy atom. The van der Waals surface area contributed by atoms with Crippen LogP contribution in [-0.2, 0) is 45.3 Å². The van der Waals surface area contributed by atoms with Crippen molar-refractivity contribution in [2.24, 2.45) is 0 Å². The minimum absolute atomic E-state index is 0.155. The van der Waals surface area contributed by atoms with Crippen molar-refractivity contribution in [3.63, 3.8) is 0 Å². The molecule has 2 aromatic heterocycles. The van der Waals surface area contributed by atoms with Crippen LogP contribution in [0.4, 0.5) is 26.3 Å². The Kier molecular flexibility index (Phi) is 11.4. The molecule has 0 aromatic carbocycles. The molecule has 12 atom stereocenters. The zero-order valence-electron chi connectivity index (χ0n) is 31.8. The van der Waals surface area contributed by atoms with Gasteiger partial charge in [-0.15, -0.1) is 33.7 Å². The average Bonchev–Trinajstić information content (AvgIpc) is 4.02. The number of aliphatic hydroxyl groups excluding tert-OH is 8. The summed E-state index contributed by atoms with van der Waals surface area (Å²) >= 11 is 2.02. The average molecular weight is 915 g/mol. The number of ether oxygens (including phenoxy) is 4. The molecule has 4 aliphatic heterocycles. The van der Waals surface area contributed by atoms with Gasteiger partial charge in [-0.05, 0) is 37.1 Å². The number of halogens is 6. The van der Waals surface area contributed by atoms with Crippen LogP contribution in [0.15, 0.2) is 56.6 Å². The highest BCUT2D eigenvalue weighted by Gasteiger charge is 2.84. The maximum atomic E-state index is 15.8. The van der Waals surface area contributed by atoms with Crippen molar-refractivity contribution >= 4 is 23.5 Å². The lowest BCUT2D eigenvalue weighted by Crippen LogP contribution is -2.59. The summed E-state index contributed by atoms with van der Waals surface area (Å²) in [6.45, 7) is 0.629. The molecule has 6 heterocycles. The van der Waals surface area contributed by atoms with Crippen LogP contribution in [0.25, 0.3) is 0 Å². The van der Waals surface area contributed by atoms with E-state index in [9.17, 15) is 40.9 Å². The van der Waals surface area contributed by atoms with E-state index in [4.69, 9.17) is 18.9 Å². The van der Waals surface area contributed by atoms with Gasteiger partial charge in [0, 0.05) is 21.0 Å². The number of aromatic nitrogens is 6. The van der Waals surface area contributed by atoms with E-state index in [1.807, 2.05) is 0 Å². The van der Waals surface area contributed by atoms with Crippen LogP contribution in [0.2, 0.25) is 0 Å². The molecule has 1 saturated carbocycles. The molecule has 2 saturated heterocycles. The summed E-state index contributed by atoms with van der Waals surface area (Å²) < 4.78 is 115. The maximum absolute atomic E-state index is 15.8. The fraction of sp³-hybridized carbons (Fsp3) is 0.657. The second kappa shape index (κ2) is 15.6. The van der Waals surface area contributed by atoms with Gasteiger partial charge in [-0.2, -0.15) is 26.3 Å². The summed E-state index contributed by atoms with van der Waals surface area (Å²) in [4.78, 5) is 0.587. The molecule has 8 N–H and O–H groups in total. The number of nitrogens with zero attached hydrogens (tertiary/aromatic N) is 6. The van der Waals surface area contributed by atoms with Crippen molar-refractivity contribution in [1.82, 2.24) is 30.0 Å². The minimum Gasteiger partial charge on any atom is -0.394 e. The van der Waals surface area contributed by atoms with E-state index in [0.29, 0.717) is 9.81 Å². The van der Waals surface area contributed by atoms with Crippen LogP contribution in [0.1, 0.15) is 25.2 Å². The summed E-state index contributed by atoms with van der Waals surface area (Å²) in [5.41, 5.74) is -3.42. The topological polar surface area (TPSA) is 260 Å². The van der Waals surface area contributed by atoms with Crippen LogP contribution in [0.3, 0.4) is 0 Å². The Balaban J connectivity index is 1.02. The predicted molar refractivity (Wildman–Crippen MR) is 194 cm³/mol. The molecule has 8 rings (SSSR count). The highest BCUT2D eigenvalue weighted by atomic mass is 32.2. The largest absolute Gasteiger partial charge is 0.394 e. The summed E-state index contributed by atoms with van der Waals surface area (Å²) in [6, 6.07) is 0. The molecule has 0 spiro atoms. The lowest BCUT2D eigenvalue weighted by atomic mass is 9.71. The van der Waals surface area contributed by atoms with Gasteiger partial charge in [0.2, 0.25) is 0 Å². The number of thioether (sulfide) groups is 2. The first-order chi connectivity index (χ1) is 28.6. The standard InChI is InChI=1S/C35H40F6N6O12S2/c1-31-17(3-15(60-31)7-46-5-13(42-44-46)11-56-29-27(54)25(52)23(50)19(9-48)58-29)21-22(34(38,39)35(40,41)33(21,36)37)18-4-16(61-32(18,31)2)8-47-6-14(43-45-47)12-57-30-28(55)26(53)24(51)20(10-49)59-30/h3-6,19-20,23-30,48-55H,7-12H2,1-2H3/t19-,20-,23-,24-,25+,26+,27-,28-,29-,30-,31?,32?/m1/s1. The summed E-state index contributed by atoms with van der Waals surface area (Å²) in [5.74, 6) is -16.3. The normalized spacial score (nSPS) is 38.7. The zero-order valence-corrected chi connectivity index (χ0v) is 33.4. The highest BCUT2D eigenvalue weighted by Crippen LogP contribution is 2.74. The van der Waals surface area contributed by atoms with Gasteiger partial charge in [-0.1, -0.05) is 10.4 Å². The fourth-order valence-electron chi connectivity index (χ4n) is 8.24. The van der Waals surface area contributed by atoms with Gasteiger partial charge >= 0.3 is 17.8 Å². The Labute approximate surface area is 349 Å². The summed E-state index contributed by atoms with van der Waals surface area (Å²) in [5, 5.41) is 95.4. The van der Waals surface area contributed by atoms with Gasteiger partial charge in [-0.3, -0.25) is 0 Å². The molecule has 0 amide bonds. The van der Waals surface area contributed by atoms with Crippen molar-refractivity contribution in [2.75, 3.05) is 13.2 Å². The molecular formula is C35H40F6N6O12S2. The second-order valence-electron chi connectivity index (χ2n) is 15.6. The predicted octanol–water partition coefficient (Wildman–Crippen LogP) is -0.492. The Morgan fingerprint density at radius 2 is 1.00 bits per heavy atom. The first kappa shape index (κ1) is 44.6.